The summed E-state index contributed by atoms with van der Waals surface area (Å²) >= 11 is 0. The first-order valence-corrected chi connectivity index (χ1v) is 6.92. The van der Waals surface area contributed by atoms with Crippen molar-refractivity contribution in [2.75, 3.05) is 13.6 Å². The Morgan fingerprint density at radius 2 is 2.35 bits per heavy atom. The van der Waals surface area contributed by atoms with Crippen LogP contribution in [0.3, 0.4) is 0 Å². The maximum Gasteiger partial charge on any atom is 0.122 e. The molecule has 1 heterocycles. The number of aryl methyl sites for hydroxylation is 1. The van der Waals surface area contributed by atoms with E-state index in [1.54, 1.807) is 0 Å². The number of rotatable bonds is 5. The van der Waals surface area contributed by atoms with Gasteiger partial charge in [-0.15, -0.1) is 0 Å². The van der Waals surface area contributed by atoms with Gasteiger partial charge in [0, 0.05) is 25.5 Å². The zero-order chi connectivity index (χ0) is 11.9. The van der Waals surface area contributed by atoms with Gasteiger partial charge < -0.3 is 4.57 Å². The van der Waals surface area contributed by atoms with Crippen LogP contribution in [0, 0.1) is 11.3 Å². The molecule has 2 fully saturated rings. The molecule has 94 valence electrons. The summed E-state index contributed by atoms with van der Waals surface area (Å²) in [4.78, 5) is 6.90. The van der Waals surface area contributed by atoms with Crippen LogP contribution in [-0.2, 0) is 13.1 Å². The van der Waals surface area contributed by atoms with E-state index in [2.05, 4.69) is 34.6 Å². The number of imidazole rings is 1. The van der Waals surface area contributed by atoms with Gasteiger partial charge in [-0.05, 0) is 44.6 Å². The van der Waals surface area contributed by atoms with Gasteiger partial charge in [0.25, 0.3) is 0 Å². The van der Waals surface area contributed by atoms with Crippen LogP contribution in [0.4, 0.5) is 0 Å². The highest BCUT2D eigenvalue weighted by atomic mass is 15.2. The van der Waals surface area contributed by atoms with Gasteiger partial charge in [0.15, 0.2) is 0 Å². The maximum absolute atomic E-state index is 4.45. The van der Waals surface area contributed by atoms with Crippen LogP contribution in [0.15, 0.2) is 12.4 Å². The Hall–Kier alpha value is -0.830. The van der Waals surface area contributed by atoms with Crippen LogP contribution in [0.25, 0.3) is 0 Å². The molecule has 0 N–H and O–H groups in total. The largest absolute Gasteiger partial charge is 0.334 e. The first-order chi connectivity index (χ1) is 8.23. The van der Waals surface area contributed by atoms with Crippen molar-refractivity contribution in [3.63, 3.8) is 0 Å². The van der Waals surface area contributed by atoms with E-state index in [0.29, 0.717) is 0 Å². The van der Waals surface area contributed by atoms with E-state index in [1.165, 1.54) is 38.1 Å². The molecule has 17 heavy (non-hydrogen) atoms. The molecule has 1 aromatic rings. The average Bonchev–Trinajstić information content (AvgIpc) is 2.81. The summed E-state index contributed by atoms with van der Waals surface area (Å²) in [7, 11) is 2.24. The van der Waals surface area contributed by atoms with Crippen LogP contribution in [0.2, 0.25) is 0 Å². The predicted molar refractivity (Wildman–Crippen MR) is 68.6 cm³/mol. The van der Waals surface area contributed by atoms with Crippen molar-refractivity contribution >= 4 is 0 Å². The number of nitrogens with zero attached hydrogens (tertiary/aromatic N) is 3. The highest BCUT2D eigenvalue weighted by Crippen LogP contribution is 2.65. The predicted octanol–water partition coefficient (Wildman–Crippen LogP) is 2.53. The molecule has 3 nitrogen and oxygen atoms in total. The second-order valence-electron chi connectivity index (χ2n) is 5.94. The Labute approximate surface area is 104 Å². The number of hydrogen-bond acceptors (Lipinski definition) is 2. The highest BCUT2D eigenvalue weighted by Gasteiger charge is 2.57. The Balaban J connectivity index is 1.52. The topological polar surface area (TPSA) is 21.1 Å². The Kier molecular flexibility index (Phi) is 2.74. The summed E-state index contributed by atoms with van der Waals surface area (Å²) < 4.78 is 2.24. The smallest absolute Gasteiger partial charge is 0.122 e. The first-order valence-electron chi connectivity index (χ1n) is 6.92. The molecule has 1 aromatic heterocycles. The normalized spacial score (nSPS) is 25.2. The van der Waals surface area contributed by atoms with E-state index < -0.39 is 0 Å². The summed E-state index contributed by atoms with van der Waals surface area (Å²) in [6.07, 6.45) is 9.94. The minimum Gasteiger partial charge on any atom is -0.334 e. The minimum atomic E-state index is 0.800. The minimum absolute atomic E-state index is 0.800. The molecular formula is C14H23N3. The lowest BCUT2D eigenvalue weighted by molar-refractivity contribution is 0.216. The van der Waals surface area contributed by atoms with E-state index in [9.17, 15) is 0 Å². The zero-order valence-corrected chi connectivity index (χ0v) is 11.0. The van der Waals surface area contributed by atoms with Gasteiger partial charge in [-0.2, -0.15) is 0 Å². The lowest BCUT2D eigenvalue weighted by Gasteiger charge is -2.28. The third-order valence-corrected chi connectivity index (χ3v) is 4.79. The Bertz CT molecular complexity index is 392. The van der Waals surface area contributed by atoms with Crippen LogP contribution in [-0.4, -0.2) is 28.0 Å². The van der Waals surface area contributed by atoms with Crippen molar-refractivity contribution in [3.8, 4) is 0 Å². The molecule has 0 bridgehead atoms. The molecule has 0 aliphatic heterocycles. The SMILES string of the molecule is CCn1ccnc1CN(C)C[C@@H]1CC12CCC2. The number of hydrogen-bond donors (Lipinski definition) is 0. The van der Waals surface area contributed by atoms with Crippen molar-refractivity contribution in [3.05, 3.63) is 18.2 Å². The summed E-state index contributed by atoms with van der Waals surface area (Å²) in [6.45, 7) is 5.45. The summed E-state index contributed by atoms with van der Waals surface area (Å²) in [6, 6.07) is 0. The van der Waals surface area contributed by atoms with Crippen LogP contribution < -0.4 is 0 Å². The highest BCUT2D eigenvalue weighted by molar-refractivity contribution is 5.08. The van der Waals surface area contributed by atoms with Gasteiger partial charge in [0.05, 0.1) is 6.54 Å². The monoisotopic (exact) mass is 233 g/mol. The molecule has 0 saturated heterocycles. The molecule has 2 aliphatic carbocycles. The molecule has 0 amide bonds. The zero-order valence-electron chi connectivity index (χ0n) is 11.0. The third kappa shape index (κ3) is 2.01. The van der Waals surface area contributed by atoms with Gasteiger partial charge in [0.2, 0.25) is 0 Å². The lowest BCUT2D eigenvalue weighted by Crippen LogP contribution is -2.26. The standard InChI is InChI=1S/C14H23N3/c1-3-17-8-7-15-13(17)11-16(2)10-12-9-14(12)5-4-6-14/h7-8,12H,3-6,9-11H2,1-2H3/t12-/m0/s1. The van der Waals surface area contributed by atoms with Crippen LogP contribution in [0.1, 0.15) is 38.4 Å². The third-order valence-electron chi connectivity index (χ3n) is 4.79. The van der Waals surface area contributed by atoms with Crippen LogP contribution in [0.5, 0.6) is 0 Å². The summed E-state index contributed by atoms with van der Waals surface area (Å²) in [5, 5.41) is 0. The fourth-order valence-corrected chi connectivity index (χ4v) is 3.40. The van der Waals surface area contributed by atoms with Crippen molar-refractivity contribution in [2.45, 2.75) is 45.7 Å². The van der Waals surface area contributed by atoms with Crippen molar-refractivity contribution in [2.24, 2.45) is 11.3 Å². The summed E-state index contributed by atoms with van der Waals surface area (Å²) in [5.41, 5.74) is 0.800. The molecule has 2 saturated carbocycles. The van der Waals surface area contributed by atoms with Crippen LogP contribution >= 0.6 is 0 Å². The van der Waals surface area contributed by atoms with E-state index in [-0.39, 0.29) is 0 Å². The molecule has 0 unspecified atom stereocenters. The van der Waals surface area contributed by atoms with Gasteiger partial charge in [0.1, 0.15) is 5.82 Å². The second kappa shape index (κ2) is 4.13. The molecule has 0 aromatic carbocycles. The fourth-order valence-electron chi connectivity index (χ4n) is 3.40. The van der Waals surface area contributed by atoms with Gasteiger partial charge in [-0.3, -0.25) is 4.90 Å². The first kappa shape index (κ1) is 11.3. The molecule has 1 atom stereocenters. The van der Waals surface area contributed by atoms with Crippen molar-refractivity contribution in [1.29, 1.82) is 0 Å². The Morgan fingerprint density at radius 1 is 1.53 bits per heavy atom. The molecule has 1 spiro atoms. The van der Waals surface area contributed by atoms with Gasteiger partial charge in [-0.1, -0.05) is 6.42 Å². The number of aromatic nitrogens is 2. The van der Waals surface area contributed by atoms with E-state index >= 15 is 0 Å². The second-order valence-corrected chi connectivity index (χ2v) is 5.94. The van der Waals surface area contributed by atoms with E-state index in [1.807, 2.05) is 6.20 Å². The molecule has 3 heteroatoms. The van der Waals surface area contributed by atoms with Crippen molar-refractivity contribution in [1.82, 2.24) is 14.5 Å². The quantitative estimate of drug-likeness (QED) is 0.779. The molecule has 0 radical (unpaired) electrons. The lowest BCUT2D eigenvalue weighted by atomic mass is 9.80. The van der Waals surface area contributed by atoms with E-state index in [0.717, 1.165) is 24.4 Å². The maximum atomic E-state index is 4.45. The molecule has 2 aliphatic rings. The Morgan fingerprint density at radius 3 is 2.94 bits per heavy atom. The van der Waals surface area contributed by atoms with Gasteiger partial charge >= 0.3 is 0 Å². The van der Waals surface area contributed by atoms with Crippen molar-refractivity contribution < 1.29 is 0 Å². The van der Waals surface area contributed by atoms with E-state index in [4.69, 9.17) is 0 Å². The van der Waals surface area contributed by atoms with Gasteiger partial charge in [-0.25, -0.2) is 4.98 Å². The summed E-state index contributed by atoms with van der Waals surface area (Å²) in [5.74, 6) is 2.18. The molecular weight excluding hydrogens is 210 g/mol. The average molecular weight is 233 g/mol. The fraction of sp³-hybridized carbons (Fsp3) is 0.786. The molecule has 3 rings (SSSR count).